The van der Waals surface area contributed by atoms with E-state index in [-0.39, 0.29) is 5.91 Å². The Labute approximate surface area is 183 Å². The lowest BCUT2D eigenvalue weighted by Gasteiger charge is -2.21. The molecule has 0 spiro atoms. The highest BCUT2D eigenvalue weighted by atomic mass is 16.2. The number of carbonyl (C=O) groups is 1. The van der Waals surface area contributed by atoms with Crippen molar-refractivity contribution in [1.82, 2.24) is 14.5 Å². The number of imidazole rings is 1. The van der Waals surface area contributed by atoms with Gasteiger partial charge in [-0.1, -0.05) is 30.8 Å². The smallest absolute Gasteiger partial charge is 0.291 e. The molecule has 0 aliphatic carbocycles. The maximum Gasteiger partial charge on any atom is 0.291 e. The van der Waals surface area contributed by atoms with Gasteiger partial charge in [-0.15, -0.1) is 0 Å². The van der Waals surface area contributed by atoms with Crippen LogP contribution >= 0.6 is 0 Å². The van der Waals surface area contributed by atoms with Crippen LogP contribution in [0, 0.1) is 13.8 Å². The summed E-state index contributed by atoms with van der Waals surface area (Å²) < 4.78 is 1.94. The van der Waals surface area contributed by atoms with Crippen molar-refractivity contribution in [3.63, 3.8) is 0 Å². The lowest BCUT2D eigenvalue weighted by Crippen LogP contribution is -2.27. The number of nitrogens with zero attached hydrogens (tertiary/aromatic N) is 3. The van der Waals surface area contributed by atoms with Crippen molar-refractivity contribution in [2.75, 3.05) is 24.2 Å². The van der Waals surface area contributed by atoms with Crippen LogP contribution in [0.1, 0.15) is 33.1 Å². The van der Waals surface area contributed by atoms with Gasteiger partial charge >= 0.3 is 0 Å². The normalized spacial score (nSPS) is 13.5. The molecular formula is C25H29N5O. The molecule has 2 aromatic carbocycles. The predicted molar refractivity (Wildman–Crippen MR) is 126 cm³/mol. The van der Waals surface area contributed by atoms with E-state index in [0.717, 1.165) is 64.5 Å². The number of amides is 1. The van der Waals surface area contributed by atoms with Crippen molar-refractivity contribution in [1.29, 1.82) is 0 Å². The molecule has 0 saturated heterocycles. The number of anilines is 2. The van der Waals surface area contributed by atoms with Crippen LogP contribution in [0.15, 0.2) is 49.2 Å². The SMILES string of the molecule is C=CNc1cccc(-c2cccc(NC(=O)c3nc4c(n3C)CCN(C)C4)c2C)c1C. The molecular weight excluding hydrogens is 386 g/mol. The number of hydrogen-bond acceptors (Lipinski definition) is 4. The molecule has 0 bridgehead atoms. The molecule has 6 heteroatoms. The number of carbonyl (C=O) groups excluding carboxylic acids is 1. The van der Waals surface area contributed by atoms with Gasteiger partial charge < -0.3 is 20.1 Å². The fourth-order valence-electron chi connectivity index (χ4n) is 4.30. The Hall–Kier alpha value is -3.38. The zero-order valence-electron chi connectivity index (χ0n) is 18.6. The van der Waals surface area contributed by atoms with Gasteiger partial charge in [0.25, 0.3) is 5.91 Å². The van der Waals surface area contributed by atoms with Crippen LogP contribution in [-0.2, 0) is 20.0 Å². The standard InChI is InChI=1S/C25H29N5O/c1-6-26-20-11-7-9-18(16(20)2)19-10-8-12-21(17(19)3)28-25(31)24-27-22-15-29(4)14-13-23(22)30(24)5/h6-12,26H,1,13-15H2,2-5H3,(H,28,31). The topological polar surface area (TPSA) is 62.2 Å². The summed E-state index contributed by atoms with van der Waals surface area (Å²) in [5.74, 6) is 0.275. The largest absolute Gasteiger partial charge is 0.362 e. The second-order valence-electron chi connectivity index (χ2n) is 8.13. The minimum Gasteiger partial charge on any atom is -0.362 e. The maximum absolute atomic E-state index is 13.1. The third-order valence-electron chi connectivity index (χ3n) is 6.11. The molecule has 2 heterocycles. The van der Waals surface area contributed by atoms with E-state index in [1.165, 1.54) is 0 Å². The zero-order valence-corrected chi connectivity index (χ0v) is 18.6. The van der Waals surface area contributed by atoms with Crippen LogP contribution in [0.25, 0.3) is 11.1 Å². The van der Waals surface area contributed by atoms with Crippen molar-refractivity contribution >= 4 is 17.3 Å². The van der Waals surface area contributed by atoms with Crippen LogP contribution in [0.3, 0.4) is 0 Å². The van der Waals surface area contributed by atoms with Gasteiger partial charge in [0.05, 0.1) is 5.69 Å². The molecule has 0 radical (unpaired) electrons. The van der Waals surface area contributed by atoms with Crippen LogP contribution in [0.4, 0.5) is 11.4 Å². The average molecular weight is 416 g/mol. The number of likely N-dealkylation sites (N-methyl/N-ethyl adjacent to an activating group) is 1. The summed E-state index contributed by atoms with van der Waals surface area (Å²) >= 11 is 0. The number of hydrogen-bond donors (Lipinski definition) is 2. The van der Waals surface area contributed by atoms with Crippen molar-refractivity contribution in [2.24, 2.45) is 7.05 Å². The second-order valence-corrected chi connectivity index (χ2v) is 8.13. The van der Waals surface area contributed by atoms with Crippen LogP contribution in [0.2, 0.25) is 0 Å². The molecule has 1 amide bonds. The highest BCUT2D eigenvalue weighted by molar-refractivity contribution is 6.03. The van der Waals surface area contributed by atoms with Gasteiger partial charge in [0.1, 0.15) is 0 Å². The molecule has 0 atom stereocenters. The first-order valence-corrected chi connectivity index (χ1v) is 10.5. The van der Waals surface area contributed by atoms with E-state index in [2.05, 4.69) is 53.2 Å². The van der Waals surface area contributed by atoms with Crippen molar-refractivity contribution < 1.29 is 4.79 Å². The molecule has 0 unspecified atom stereocenters. The number of rotatable bonds is 5. The molecule has 1 aromatic heterocycles. The minimum atomic E-state index is -0.182. The fourth-order valence-corrected chi connectivity index (χ4v) is 4.30. The predicted octanol–water partition coefficient (Wildman–Crippen LogP) is 4.50. The van der Waals surface area contributed by atoms with Crippen molar-refractivity contribution in [3.8, 4) is 11.1 Å². The van der Waals surface area contributed by atoms with Gasteiger partial charge in [0.2, 0.25) is 0 Å². The molecule has 0 saturated carbocycles. The Morgan fingerprint density at radius 3 is 2.39 bits per heavy atom. The summed E-state index contributed by atoms with van der Waals surface area (Å²) in [6.45, 7) is 9.64. The lowest BCUT2D eigenvalue weighted by atomic mass is 9.94. The fraction of sp³-hybridized carbons (Fsp3) is 0.280. The summed E-state index contributed by atoms with van der Waals surface area (Å²) in [6.07, 6.45) is 2.59. The summed E-state index contributed by atoms with van der Waals surface area (Å²) in [5, 5.41) is 6.28. The van der Waals surface area contributed by atoms with Crippen molar-refractivity contribution in [2.45, 2.75) is 26.8 Å². The number of nitrogens with one attached hydrogen (secondary N) is 2. The molecule has 6 nitrogen and oxygen atoms in total. The monoisotopic (exact) mass is 415 g/mol. The number of benzene rings is 2. The Kier molecular flexibility index (Phi) is 5.65. The maximum atomic E-state index is 13.1. The molecule has 160 valence electrons. The summed E-state index contributed by atoms with van der Waals surface area (Å²) in [5.41, 5.74) is 8.32. The van der Waals surface area contributed by atoms with E-state index in [4.69, 9.17) is 0 Å². The Morgan fingerprint density at radius 2 is 1.71 bits per heavy atom. The van der Waals surface area contributed by atoms with E-state index in [1.807, 2.05) is 42.8 Å². The number of aromatic nitrogens is 2. The first-order valence-electron chi connectivity index (χ1n) is 10.5. The van der Waals surface area contributed by atoms with E-state index >= 15 is 0 Å². The van der Waals surface area contributed by atoms with E-state index in [9.17, 15) is 4.79 Å². The molecule has 31 heavy (non-hydrogen) atoms. The van der Waals surface area contributed by atoms with Gasteiger partial charge in [0.15, 0.2) is 5.82 Å². The molecule has 3 aromatic rings. The Morgan fingerprint density at radius 1 is 1.06 bits per heavy atom. The summed E-state index contributed by atoms with van der Waals surface area (Å²) in [6, 6.07) is 12.1. The highest BCUT2D eigenvalue weighted by Gasteiger charge is 2.24. The van der Waals surface area contributed by atoms with Gasteiger partial charge in [-0.05, 0) is 61.5 Å². The van der Waals surface area contributed by atoms with E-state index < -0.39 is 0 Å². The van der Waals surface area contributed by atoms with Crippen LogP contribution in [0.5, 0.6) is 0 Å². The van der Waals surface area contributed by atoms with Crippen molar-refractivity contribution in [3.05, 3.63) is 77.5 Å². The molecule has 0 fully saturated rings. The van der Waals surface area contributed by atoms with Gasteiger partial charge in [-0.3, -0.25) is 4.79 Å². The highest BCUT2D eigenvalue weighted by Crippen LogP contribution is 2.34. The third kappa shape index (κ3) is 3.86. The van der Waals surface area contributed by atoms with Gasteiger partial charge in [0, 0.05) is 43.6 Å². The Bertz CT molecular complexity index is 1160. The van der Waals surface area contributed by atoms with Gasteiger partial charge in [-0.2, -0.15) is 0 Å². The summed E-state index contributed by atoms with van der Waals surface area (Å²) in [7, 11) is 4.00. The lowest BCUT2D eigenvalue weighted by molar-refractivity contribution is 0.101. The molecule has 1 aliphatic heterocycles. The molecule has 1 aliphatic rings. The third-order valence-corrected chi connectivity index (χ3v) is 6.11. The zero-order chi connectivity index (χ0) is 22.1. The summed E-state index contributed by atoms with van der Waals surface area (Å²) in [4.78, 5) is 20.0. The molecule has 4 rings (SSSR count). The van der Waals surface area contributed by atoms with Gasteiger partial charge in [-0.25, -0.2) is 4.98 Å². The molecule has 2 N–H and O–H groups in total. The number of fused-ring (bicyclic) bond motifs is 1. The first-order chi connectivity index (χ1) is 14.9. The Balaban J connectivity index is 1.65. The minimum absolute atomic E-state index is 0.182. The van der Waals surface area contributed by atoms with E-state index in [1.54, 1.807) is 6.20 Å². The van der Waals surface area contributed by atoms with Crippen LogP contribution in [-0.4, -0.2) is 34.0 Å². The second kappa shape index (κ2) is 8.40. The average Bonchev–Trinajstić information content (AvgIpc) is 3.07. The quantitative estimate of drug-likeness (QED) is 0.644. The van der Waals surface area contributed by atoms with Crippen LogP contribution < -0.4 is 10.6 Å². The van der Waals surface area contributed by atoms with E-state index in [0.29, 0.717) is 5.82 Å². The first kappa shape index (κ1) is 20.9.